The van der Waals surface area contributed by atoms with Gasteiger partial charge < -0.3 is 9.47 Å². The highest BCUT2D eigenvalue weighted by Crippen LogP contribution is 2.30. The minimum Gasteiger partial charge on any atom is -0.434 e. The molecular weight excluding hydrogens is 300 g/mol. The molecule has 0 aliphatic heterocycles. The maximum absolute atomic E-state index is 11.8. The first-order valence-electron chi connectivity index (χ1n) is 9.65. The normalized spacial score (nSPS) is 10.7. The second kappa shape index (κ2) is 11.9. The number of benzene rings is 1. The average Bonchev–Trinajstić information content (AvgIpc) is 2.58. The summed E-state index contributed by atoms with van der Waals surface area (Å²) in [4.78, 5) is 11.8. The first-order valence-corrected chi connectivity index (χ1v) is 9.65. The van der Waals surface area contributed by atoms with Crippen molar-refractivity contribution in [3.63, 3.8) is 0 Å². The van der Waals surface area contributed by atoms with Crippen molar-refractivity contribution in [1.82, 2.24) is 0 Å². The van der Waals surface area contributed by atoms with Crippen LogP contribution in [0.1, 0.15) is 82.9 Å². The van der Waals surface area contributed by atoms with Gasteiger partial charge in [-0.25, -0.2) is 4.79 Å². The van der Waals surface area contributed by atoms with Gasteiger partial charge in [-0.1, -0.05) is 46.1 Å². The third-order valence-corrected chi connectivity index (χ3v) is 4.30. The standard InChI is InChI=1S/C21H34O3/c1-5-9-12-17-15-16-20(24-21(22)23-8-4)19(14-11-7-3)18(17)13-10-6-2/h15-16H,5-14H2,1-4H3. The summed E-state index contributed by atoms with van der Waals surface area (Å²) in [5, 5.41) is 0. The molecule has 0 saturated heterocycles. The van der Waals surface area contributed by atoms with E-state index in [1.807, 2.05) is 6.07 Å². The van der Waals surface area contributed by atoms with Crippen LogP contribution in [-0.4, -0.2) is 12.8 Å². The second-order valence-corrected chi connectivity index (χ2v) is 6.28. The summed E-state index contributed by atoms with van der Waals surface area (Å²) in [6, 6.07) is 4.10. The van der Waals surface area contributed by atoms with E-state index in [0.717, 1.165) is 32.1 Å². The predicted octanol–water partition coefficient (Wildman–Crippen LogP) is 6.25. The van der Waals surface area contributed by atoms with Crippen LogP contribution in [0.5, 0.6) is 5.75 Å². The van der Waals surface area contributed by atoms with E-state index in [2.05, 4.69) is 26.8 Å². The molecule has 0 heterocycles. The molecule has 0 amide bonds. The Morgan fingerprint density at radius 2 is 1.42 bits per heavy atom. The predicted molar refractivity (Wildman–Crippen MR) is 99.9 cm³/mol. The van der Waals surface area contributed by atoms with Crippen LogP contribution in [0.4, 0.5) is 4.79 Å². The Morgan fingerprint density at radius 1 is 0.833 bits per heavy atom. The lowest BCUT2D eigenvalue weighted by Crippen LogP contribution is -2.13. The molecule has 0 aliphatic rings. The van der Waals surface area contributed by atoms with Gasteiger partial charge in [0.05, 0.1) is 6.61 Å². The van der Waals surface area contributed by atoms with Gasteiger partial charge in [0, 0.05) is 0 Å². The Balaban J connectivity index is 3.17. The molecule has 0 spiro atoms. The molecule has 0 atom stereocenters. The second-order valence-electron chi connectivity index (χ2n) is 6.28. The van der Waals surface area contributed by atoms with Gasteiger partial charge in [-0.3, -0.25) is 0 Å². The summed E-state index contributed by atoms with van der Waals surface area (Å²) in [5.74, 6) is 0.688. The molecule has 1 rings (SSSR count). The number of hydrogen-bond acceptors (Lipinski definition) is 3. The summed E-state index contributed by atoms with van der Waals surface area (Å²) in [6.45, 7) is 8.76. The number of hydrogen-bond donors (Lipinski definition) is 0. The molecule has 0 fully saturated rings. The molecule has 1 aromatic carbocycles. The highest BCUT2D eigenvalue weighted by atomic mass is 16.7. The van der Waals surface area contributed by atoms with Crippen molar-refractivity contribution < 1.29 is 14.3 Å². The topological polar surface area (TPSA) is 35.5 Å². The quantitative estimate of drug-likeness (QED) is 0.354. The third kappa shape index (κ3) is 6.54. The Morgan fingerprint density at radius 3 is 2.00 bits per heavy atom. The molecule has 24 heavy (non-hydrogen) atoms. The largest absolute Gasteiger partial charge is 0.513 e. The minimum atomic E-state index is -0.599. The first kappa shape index (κ1) is 20.5. The molecule has 0 unspecified atom stereocenters. The summed E-state index contributed by atoms with van der Waals surface area (Å²) < 4.78 is 10.5. The van der Waals surface area contributed by atoms with Gasteiger partial charge in [0.25, 0.3) is 0 Å². The summed E-state index contributed by atoms with van der Waals surface area (Å²) in [5.41, 5.74) is 4.04. The zero-order chi connectivity index (χ0) is 17.8. The Kier molecular flexibility index (Phi) is 10.2. The van der Waals surface area contributed by atoms with Gasteiger partial charge in [-0.2, -0.15) is 0 Å². The van der Waals surface area contributed by atoms with Crippen LogP contribution < -0.4 is 4.74 Å². The van der Waals surface area contributed by atoms with Crippen molar-refractivity contribution in [2.24, 2.45) is 0 Å². The van der Waals surface area contributed by atoms with E-state index < -0.39 is 6.16 Å². The van der Waals surface area contributed by atoms with Crippen LogP contribution in [0, 0.1) is 0 Å². The highest BCUT2D eigenvalue weighted by molar-refractivity contribution is 5.65. The van der Waals surface area contributed by atoms with Gasteiger partial charge in [0.1, 0.15) is 5.75 Å². The van der Waals surface area contributed by atoms with Crippen LogP contribution in [0.3, 0.4) is 0 Å². The van der Waals surface area contributed by atoms with Gasteiger partial charge in [-0.05, 0) is 68.2 Å². The zero-order valence-electron chi connectivity index (χ0n) is 16.0. The van der Waals surface area contributed by atoms with Crippen LogP contribution >= 0.6 is 0 Å². The van der Waals surface area contributed by atoms with E-state index in [1.165, 1.54) is 42.4 Å². The molecule has 0 aliphatic carbocycles. The van der Waals surface area contributed by atoms with Gasteiger partial charge in [0.15, 0.2) is 0 Å². The molecule has 3 nitrogen and oxygen atoms in total. The fraction of sp³-hybridized carbons (Fsp3) is 0.667. The number of carbonyl (C=O) groups is 1. The number of carbonyl (C=O) groups excluding carboxylic acids is 1. The van der Waals surface area contributed by atoms with E-state index >= 15 is 0 Å². The van der Waals surface area contributed by atoms with Crippen molar-refractivity contribution in [1.29, 1.82) is 0 Å². The summed E-state index contributed by atoms with van der Waals surface area (Å²) in [6.07, 6.45) is 9.50. The lowest BCUT2D eigenvalue weighted by atomic mass is 9.90. The molecule has 3 heteroatoms. The van der Waals surface area contributed by atoms with E-state index in [4.69, 9.17) is 9.47 Å². The Hall–Kier alpha value is -1.51. The molecule has 0 N–H and O–H groups in total. The Bertz CT molecular complexity index is 494. The lowest BCUT2D eigenvalue weighted by Gasteiger charge is -2.18. The molecule has 136 valence electrons. The van der Waals surface area contributed by atoms with Crippen molar-refractivity contribution in [3.05, 3.63) is 28.8 Å². The molecular formula is C21H34O3. The maximum atomic E-state index is 11.8. The van der Waals surface area contributed by atoms with Crippen LogP contribution in [0.15, 0.2) is 12.1 Å². The van der Waals surface area contributed by atoms with Crippen LogP contribution in [0.2, 0.25) is 0 Å². The molecule has 0 aromatic heterocycles. The number of ether oxygens (including phenoxy) is 2. The first-order chi connectivity index (χ1) is 11.7. The van der Waals surface area contributed by atoms with E-state index in [1.54, 1.807) is 6.92 Å². The minimum absolute atomic E-state index is 0.334. The lowest BCUT2D eigenvalue weighted by molar-refractivity contribution is 0.104. The molecule has 0 radical (unpaired) electrons. The number of aryl methyl sites for hydroxylation is 1. The molecule has 0 saturated carbocycles. The smallest absolute Gasteiger partial charge is 0.434 e. The maximum Gasteiger partial charge on any atom is 0.513 e. The van der Waals surface area contributed by atoms with Gasteiger partial charge >= 0.3 is 6.16 Å². The fourth-order valence-corrected chi connectivity index (χ4v) is 2.95. The number of rotatable bonds is 11. The van der Waals surface area contributed by atoms with Crippen LogP contribution in [0.25, 0.3) is 0 Å². The monoisotopic (exact) mass is 334 g/mol. The van der Waals surface area contributed by atoms with Crippen molar-refractivity contribution in [3.8, 4) is 5.75 Å². The van der Waals surface area contributed by atoms with E-state index in [0.29, 0.717) is 12.4 Å². The number of unbranched alkanes of at least 4 members (excludes halogenated alkanes) is 3. The molecule has 0 bridgehead atoms. The van der Waals surface area contributed by atoms with Gasteiger partial charge in [0.2, 0.25) is 0 Å². The third-order valence-electron chi connectivity index (χ3n) is 4.30. The van der Waals surface area contributed by atoms with Gasteiger partial charge in [-0.15, -0.1) is 0 Å². The average molecular weight is 335 g/mol. The van der Waals surface area contributed by atoms with E-state index in [-0.39, 0.29) is 0 Å². The molecule has 1 aromatic rings. The fourth-order valence-electron chi connectivity index (χ4n) is 2.95. The summed E-state index contributed by atoms with van der Waals surface area (Å²) in [7, 11) is 0. The van der Waals surface area contributed by atoms with Crippen molar-refractivity contribution >= 4 is 6.16 Å². The van der Waals surface area contributed by atoms with Crippen LogP contribution in [-0.2, 0) is 24.0 Å². The van der Waals surface area contributed by atoms with Crippen molar-refractivity contribution in [2.45, 2.75) is 85.5 Å². The summed E-state index contributed by atoms with van der Waals surface area (Å²) >= 11 is 0. The van der Waals surface area contributed by atoms with Crippen molar-refractivity contribution in [2.75, 3.05) is 6.61 Å². The SMILES string of the molecule is CCCCc1ccc(OC(=O)OCC)c(CCCC)c1CCCC. The zero-order valence-corrected chi connectivity index (χ0v) is 16.0. The highest BCUT2D eigenvalue weighted by Gasteiger charge is 2.16. The van der Waals surface area contributed by atoms with E-state index in [9.17, 15) is 4.79 Å². The Labute approximate surface area is 147 Å².